The average Bonchev–Trinajstić information content (AvgIpc) is 2.27. The van der Waals surface area contributed by atoms with E-state index in [1.165, 1.54) is 12.1 Å². The fourth-order valence-electron chi connectivity index (χ4n) is 1.32. The standard InChI is InChI=1S/C12H17NO4/c1-3-17-12(16)8(2)13-7-9-4-5-10(14)6-11(9)15/h4-6,8,13-15H,3,7H2,1-2H3. The Balaban J connectivity index is 2.52. The van der Waals surface area contributed by atoms with Gasteiger partial charge in [-0.3, -0.25) is 4.79 Å². The highest BCUT2D eigenvalue weighted by Crippen LogP contribution is 2.22. The van der Waals surface area contributed by atoms with Crippen LogP contribution >= 0.6 is 0 Å². The number of esters is 1. The van der Waals surface area contributed by atoms with Gasteiger partial charge in [-0.15, -0.1) is 0 Å². The van der Waals surface area contributed by atoms with Crippen molar-refractivity contribution in [3.05, 3.63) is 23.8 Å². The van der Waals surface area contributed by atoms with Crippen LogP contribution in [0.1, 0.15) is 19.4 Å². The molecule has 1 aromatic carbocycles. The van der Waals surface area contributed by atoms with Crippen LogP contribution in [0.5, 0.6) is 11.5 Å². The van der Waals surface area contributed by atoms with Crippen LogP contribution in [0.4, 0.5) is 0 Å². The van der Waals surface area contributed by atoms with E-state index in [0.717, 1.165) is 0 Å². The van der Waals surface area contributed by atoms with Crippen molar-refractivity contribution in [3.8, 4) is 11.5 Å². The van der Waals surface area contributed by atoms with Crippen molar-refractivity contribution in [2.75, 3.05) is 6.61 Å². The molecule has 0 spiro atoms. The second-order valence-electron chi connectivity index (χ2n) is 3.67. The number of rotatable bonds is 5. The predicted octanol–water partition coefficient (Wildman–Crippen LogP) is 1.14. The molecular formula is C12H17NO4. The molecule has 0 aliphatic carbocycles. The summed E-state index contributed by atoms with van der Waals surface area (Å²) in [6.07, 6.45) is 0. The Kier molecular flexibility index (Phi) is 4.78. The highest BCUT2D eigenvalue weighted by atomic mass is 16.5. The summed E-state index contributed by atoms with van der Waals surface area (Å²) < 4.78 is 4.84. The Morgan fingerprint density at radius 3 is 2.76 bits per heavy atom. The van der Waals surface area contributed by atoms with Crippen LogP contribution in [-0.4, -0.2) is 28.8 Å². The molecule has 3 N–H and O–H groups in total. The molecule has 5 heteroatoms. The van der Waals surface area contributed by atoms with Crippen LogP contribution in [0.3, 0.4) is 0 Å². The van der Waals surface area contributed by atoms with Crippen molar-refractivity contribution in [3.63, 3.8) is 0 Å². The van der Waals surface area contributed by atoms with E-state index in [4.69, 9.17) is 9.84 Å². The van der Waals surface area contributed by atoms with Crippen molar-refractivity contribution >= 4 is 5.97 Å². The van der Waals surface area contributed by atoms with E-state index >= 15 is 0 Å². The van der Waals surface area contributed by atoms with Gasteiger partial charge in [0.1, 0.15) is 17.5 Å². The summed E-state index contributed by atoms with van der Waals surface area (Å²) in [6.45, 7) is 4.10. The molecule has 5 nitrogen and oxygen atoms in total. The number of phenolic OH excluding ortho intramolecular Hbond substituents is 2. The molecule has 0 radical (unpaired) electrons. The lowest BCUT2D eigenvalue weighted by Gasteiger charge is -2.13. The van der Waals surface area contributed by atoms with E-state index in [9.17, 15) is 9.90 Å². The Morgan fingerprint density at radius 1 is 1.47 bits per heavy atom. The maximum absolute atomic E-state index is 11.3. The molecule has 0 aliphatic rings. The smallest absolute Gasteiger partial charge is 0.322 e. The molecule has 0 aromatic heterocycles. The van der Waals surface area contributed by atoms with Crippen molar-refractivity contribution < 1.29 is 19.7 Å². The predicted molar refractivity (Wildman–Crippen MR) is 62.7 cm³/mol. The van der Waals surface area contributed by atoms with Crippen molar-refractivity contribution in [2.24, 2.45) is 0 Å². The van der Waals surface area contributed by atoms with Crippen LogP contribution in [0.15, 0.2) is 18.2 Å². The summed E-state index contributed by atoms with van der Waals surface area (Å²) in [4.78, 5) is 11.3. The molecule has 0 saturated carbocycles. The van der Waals surface area contributed by atoms with Gasteiger partial charge >= 0.3 is 5.97 Å². The second kappa shape index (κ2) is 6.10. The zero-order chi connectivity index (χ0) is 12.8. The van der Waals surface area contributed by atoms with E-state index in [-0.39, 0.29) is 17.5 Å². The van der Waals surface area contributed by atoms with Gasteiger partial charge in [-0.1, -0.05) is 6.07 Å². The molecule has 1 rings (SSSR count). The number of hydrogen-bond donors (Lipinski definition) is 3. The minimum absolute atomic E-state index is 0.00434. The highest BCUT2D eigenvalue weighted by molar-refractivity contribution is 5.75. The summed E-state index contributed by atoms with van der Waals surface area (Å²) in [5, 5.41) is 21.6. The first-order valence-corrected chi connectivity index (χ1v) is 5.45. The lowest BCUT2D eigenvalue weighted by molar-refractivity contribution is -0.145. The fraction of sp³-hybridized carbons (Fsp3) is 0.417. The third kappa shape index (κ3) is 3.96. The number of carbonyl (C=O) groups is 1. The van der Waals surface area contributed by atoms with E-state index in [1.807, 2.05) is 0 Å². The van der Waals surface area contributed by atoms with Gasteiger partial charge in [0.15, 0.2) is 0 Å². The Labute approximate surface area is 100 Å². The van der Waals surface area contributed by atoms with Crippen LogP contribution in [0.25, 0.3) is 0 Å². The Bertz CT molecular complexity index is 392. The number of aromatic hydroxyl groups is 2. The number of phenols is 2. The minimum atomic E-state index is -0.442. The van der Waals surface area contributed by atoms with Gasteiger partial charge in [-0.2, -0.15) is 0 Å². The molecule has 94 valence electrons. The molecule has 0 heterocycles. The van der Waals surface area contributed by atoms with Gasteiger partial charge in [0.2, 0.25) is 0 Å². The second-order valence-corrected chi connectivity index (χ2v) is 3.67. The Morgan fingerprint density at radius 2 is 2.18 bits per heavy atom. The molecule has 17 heavy (non-hydrogen) atoms. The molecule has 0 fully saturated rings. The molecule has 0 bridgehead atoms. The molecule has 0 amide bonds. The molecule has 1 atom stereocenters. The lowest BCUT2D eigenvalue weighted by Crippen LogP contribution is -2.34. The topological polar surface area (TPSA) is 78.8 Å². The Hall–Kier alpha value is -1.75. The molecule has 0 saturated heterocycles. The van der Waals surface area contributed by atoms with Crippen molar-refractivity contribution in [1.82, 2.24) is 5.32 Å². The third-order valence-electron chi connectivity index (χ3n) is 2.31. The monoisotopic (exact) mass is 239 g/mol. The van der Waals surface area contributed by atoms with E-state index in [0.29, 0.717) is 18.7 Å². The SMILES string of the molecule is CCOC(=O)C(C)NCc1ccc(O)cc1O. The van der Waals surface area contributed by atoms with Gasteiger partial charge in [0, 0.05) is 18.2 Å². The summed E-state index contributed by atoms with van der Waals surface area (Å²) >= 11 is 0. The maximum Gasteiger partial charge on any atom is 0.322 e. The largest absolute Gasteiger partial charge is 0.508 e. The number of nitrogens with one attached hydrogen (secondary N) is 1. The van der Waals surface area contributed by atoms with Crippen LogP contribution < -0.4 is 5.32 Å². The molecule has 0 aliphatic heterocycles. The van der Waals surface area contributed by atoms with E-state index in [2.05, 4.69) is 5.32 Å². The lowest BCUT2D eigenvalue weighted by atomic mass is 10.2. The highest BCUT2D eigenvalue weighted by Gasteiger charge is 2.13. The van der Waals surface area contributed by atoms with Crippen molar-refractivity contribution in [2.45, 2.75) is 26.4 Å². The quantitative estimate of drug-likeness (QED) is 0.671. The first-order chi connectivity index (χ1) is 8.04. The summed E-state index contributed by atoms with van der Waals surface area (Å²) in [6, 6.07) is 3.89. The minimum Gasteiger partial charge on any atom is -0.508 e. The normalized spacial score (nSPS) is 12.1. The summed E-state index contributed by atoms with van der Waals surface area (Å²) in [5.74, 6) is -0.330. The number of benzene rings is 1. The van der Waals surface area contributed by atoms with Crippen LogP contribution in [0.2, 0.25) is 0 Å². The zero-order valence-electron chi connectivity index (χ0n) is 9.93. The van der Waals surface area contributed by atoms with Gasteiger partial charge in [-0.25, -0.2) is 0 Å². The first-order valence-electron chi connectivity index (χ1n) is 5.45. The fourth-order valence-corrected chi connectivity index (χ4v) is 1.32. The number of ether oxygens (including phenoxy) is 1. The molecule has 1 unspecified atom stereocenters. The summed E-state index contributed by atoms with van der Waals surface area (Å²) in [5.41, 5.74) is 0.610. The average molecular weight is 239 g/mol. The summed E-state index contributed by atoms with van der Waals surface area (Å²) in [7, 11) is 0. The van der Waals surface area contributed by atoms with Gasteiger partial charge < -0.3 is 20.3 Å². The maximum atomic E-state index is 11.3. The number of hydrogen-bond acceptors (Lipinski definition) is 5. The molecular weight excluding hydrogens is 222 g/mol. The van der Waals surface area contributed by atoms with Gasteiger partial charge in [-0.05, 0) is 19.9 Å². The zero-order valence-corrected chi connectivity index (χ0v) is 9.93. The third-order valence-corrected chi connectivity index (χ3v) is 2.31. The molecule has 1 aromatic rings. The van der Waals surface area contributed by atoms with E-state index < -0.39 is 6.04 Å². The van der Waals surface area contributed by atoms with Crippen LogP contribution in [-0.2, 0) is 16.1 Å². The van der Waals surface area contributed by atoms with Crippen molar-refractivity contribution in [1.29, 1.82) is 0 Å². The van der Waals surface area contributed by atoms with E-state index in [1.54, 1.807) is 19.9 Å². The number of carbonyl (C=O) groups excluding carboxylic acids is 1. The van der Waals surface area contributed by atoms with Crippen LogP contribution in [0, 0.1) is 0 Å². The van der Waals surface area contributed by atoms with Gasteiger partial charge in [0.25, 0.3) is 0 Å². The first kappa shape index (κ1) is 13.3. The van der Waals surface area contributed by atoms with Gasteiger partial charge in [0.05, 0.1) is 6.61 Å².